The smallest absolute Gasteiger partial charge is 0.328 e. The van der Waals surface area contributed by atoms with E-state index in [0.29, 0.717) is 31.8 Å². The molecule has 0 aliphatic heterocycles. The van der Waals surface area contributed by atoms with Crippen LogP contribution in [0.4, 0.5) is 4.79 Å². The Morgan fingerprint density at radius 1 is 1.14 bits per heavy atom. The molecular weight excluding hydrogens is 378 g/mol. The summed E-state index contributed by atoms with van der Waals surface area (Å²) in [6, 6.07) is 6.18. The van der Waals surface area contributed by atoms with Crippen LogP contribution in [0.5, 0.6) is 5.75 Å². The number of carbonyl (C=O) groups is 3. The van der Waals surface area contributed by atoms with Gasteiger partial charge in [-0.3, -0.25) is 0 Å². The van der Waals surface area contributed by atoms with Crippen molar-refractivity contribution in [3.05, 3.63) is 41.5 Å². The highest BCUT2D eigenvalue weighted by Gasteiger charge is 2.15. The Balaban J connectivity index is 0.000000447. The van der Waals surface area contributed by atoms with Crippen molar-refractivity contribution in [1.29, 1.82) is 0 Å². The van der Waals surface area contributed by atoms with Crippen molar-refractivity contribution in [1.82, 2.24) is 15.5 Å². The fourth-order valence-corrected chi connectivity index (χ4v) is 2.70. The maximum Gasteiger partial charge on any atom is 0.328 e. The number of benzene rings is 1. The quantitative estimate of drug-likeness (QED) is 0.357. The molecule has 0 bridgehead atoms. The van der Waals surface area contributed by atoms with E-state index in [1.807, 2.05) is 19.2 Å². The van der Waals surface area contributed by atoms with E-state index in [1.165, 1.54) is 17.5 Å². The van der Waals surface area contributed by atoms with E-state index < -0.39 is 11.9 Å². The van der Waals surface area contributed by atoms with E-state index in [2.05, 4.69) is 16.7 Å². The Morgan fingerprint density at radius 2 is 1.83 bits per heavy atom. The van der Waals surface area contributed by atoms with E-state index in [0.717, 1.165) is 25.1 Å². The normalized spacial score (nSPS) is 11.9. The zero-order valence-corrected chi connectivity index (χ0v) is 16.8. The molecule has 0 fully saturated rings. The number of nitrogens with zero attached hydrogens (tertiary/aromatic N) is 1. The number of aliphatic carboxylic acids is 2. The molecule has 1 aliphatic rings. The highest BCUT2D eigenvalue weighted by molar-refractivity contribution is 5.89. The van der Waals surface area contributed by atoms with Crippen LogP contribution < -0.4 is 15.4 Å². The van der Waals surface area contributed by atoms with Crippen molar-refractivity contribution in [2.45, 2.75) is 19.3 Å². The molecule has 9 nitrogen and oxygen atoms in total. The third-order valence-corrected chi connectivity index (χ3v) is 4.15. The molecule has 0 radical (unpaired) electrons. The minimum Gasteiger partial charge on any atom is -0.491 e. The lowest BCUT2D eigenvalue weighted by molar-refractivity contribution is -0.134. The monoisotopic (exact) mass is 407 g/mol. The number of carboxylic acids is 2. The second-order valence-corrected chi connectivity index (χ2v) is 6.36. The van der Waals surface area contributed by atoms with E-state index in [4.69, 9.17) is 14.9 Å². The summed E-state index contributed by atoms with van der Waals surface area (Å²) < 4.78 is 5.81. The van der Waals surface area contributed by atoms with Crippen LogP contribution in [-0.4, -0.2) is 73.4 Å². The average Bonchev–Trinajstić information content (AvgIpc) is 3.17. The summed E-state index contributed by atoms with van der Waals surface area (Å²) in [5.41, 5.74) is 2.75. The molecule has 0 spiro atoms. The van der Waals surface area contributed by atoms with Crippen molar-refractivity contribution < 1.29 is 29.3 Å². The Bertz CT molecular complexity index is 704. The molecule has 0 saturated heterocycles. The summed E-state index contributed by atoms with van der Waals surface area (Å²) in [5.74, 6) is -1.54. The molecule has 0 unspecified atom stereocenters. The van der Waals surface area contributed by atoms with Gasteiger partial charge in [-0.15, -0.1) is 0 Å². The molecule has 1 aromatic rings. The number of hydrogen-bond acceptors (Lipinski definition) is 5. The SMILES string of the molecule is CNCCN(C)C(=O)NCCOc1cccc2c1CCC2.O=C(O)C=CC(=O)O. The van der Waals surface area contributed by atoms with Gasteiger partial charge in [-0.25, -0.2) is 14.4 Å². The van der Waals surface area contributed by atoms with Crippen molar-refractivity contribution in [3.63, 3.8) is 0 Å². The molecule has 1 aliphatic carbocycles. The summed E-state index contributed by atoms with van der Waals surface area (Å²) in [6.07, 6.45) is 4.58. The number of carboxylic acid groups (broad SMARTS) is 2. The molecule has 0 saturated carbocycles. The first-order chi connectivity index (χ1) is 13.8. The predicted molar refractivity (Wildman–Crippen MR) is 108 cm³/mol. The number of fused-ring (bicyclic) bond motifs is 1. The standard InChI is InChI=1S/C16H25N3O2.C4H4O4/c1-17-9-11-19(2)16(20)18-10-12-21-15-8-4-6-13-5-3-7-14(13)15;5-3(6)1-2-4(7)8/h4,6,8,17H,3,5,7,9-12H2,1-2H3,(H,18,20);1-2H,(H,5,6)(H,7,8). The third kappa shape index (κ3) is 9.61. The summed E-state index contributed by atoms with van der Waals surface area (Å²) >= 11 is 0. The summed E-state index contributed by atoms with van der Waals surface area (Å²) in [5, 5.41) is 21.5. The van der Waals surface area contributed by atoms with E-state index >= 15 is 0 Å². The maximum absolute atomic E-state index is 11.8. The van der Waals surface area contributed by atoms with Gasteiger partial charge in [0.2, 0.25) is 0 Å². The lowest BCUT2D eigenvalue weighted by atomic mass is 10.1. The lowest BCUT2D eigenvalue weighted by Gasteiger charge is -2.18. The van der Waals surface area contributed by atoms with Gasteiger partial charge in [0.15, 0.2) is 0 Å². The van der Waals surface area contributed by atoms with E-state index in [1.54, 1.807) is 11.9 Å². The number of aryl methyl sites for hydroxylation is 1. The van der Waals surface area contributed by atoms with E-state index in [-0.39, 0.29) is 6.03 Å². The van der Waals surface area contributed by atoms with Crippen LogP contribution in [0, 0.1) is 0 Å². The lowest BCUT2D eigenvalue weighted by Crippen LogP contribution is -2.41. The molecule has 0 heterocycles. The highest BCUT2D eigenvalue weighted by atomic mass is 16.5. The van der Waals surface area contributed by atoms with Crippen LogP contribution >= 0.6 is 0 Å². The van der Waals surface area contributed by atoms with Gasteiger partial charge in [-0.1, -0.05) is 12.1 Å². The second kappa shape index (κ2) is 13.2. The molecule has 2 amide bonds. The maximum atomic E-state index is 11.8. The number of carbonyl (C=O) groups excluding carboxylic acids is 1. The number of amides is 2. The topological polar surface area (TPSA) is 128 Å². The molecule has 9 heteroatoms. The minimum absolute atomic E-state index is 0.0628. The fraction of sp³-hybridized carbons (Fsp3) is 0.450. The molecular formula is C20H29N3O6. The van der Waals surface area contributed by atoms with Gasteiger partial charge in [0.25, 0.3) is 0 Å². The number of rotatable bonds is 9. The first kappa shape index (κ1) is 24.0. The molecule has 4 N–H and O–H groups in total. The molecule has 2 rings (SSSR count). The van der Waals surface area contributed by atoms with Gasteiger partial charge >= 0.3 is 18.0 Å². The van der Waals surface area contributed by atoms with Crippen LogP contribution in [0.15, 0.2) is 30.4 Å². The summed E-state index contributed by atoms with van der Waals surface area (Å²) in [6.45, 7) is 2.50. The molecule has 1 aromatic carbocycles. The zero-order chi connectivity index (χ0) is 21.6. The molecule has 0 atom stereocenters. The largest absolute Gasteiger partial charge is 0.491 e. The van der Waals surface area contributed by atoms with Crippen molar-refractivity contribution in [3.8, 4) is 5.75 Å². The first-order valence-corrected chi connectivity index (χ1v) is 9.36. The second-order valence-electron chi connectivity index (χ2n) is 6.36. The number of hydrogen-bond donors (Lipinski definition) is 4. The van der Waals surface area contributed by atoms with Crippen LogP contribution in [-0.2, 0) is 22.4 Å². The van der Waals surface area contributed by atoms with Gasteiger partial charge in [-0.05, 0) is 43.5 Å². The summed E-state index contributed by atoms with van der Waals surface area (Å²) in [7, 11) is 3.66. The number of likely N-dealkylation sites (N-methyl/N-ethyl adjacent to an activating group) is 2. The minimum atomic E-state index is -1.26. The number of nitrogens with one attached hydrogen (secondary N) is 2. The Hall–Kier alpha value is -3.07. The van der Waals surface area contributed by atoms with Crippen molar-refractivity contribution in [2.75, 3.05) is 40.3 Å². The Labute approximate surface area is 170 Å². The molecule has 0 aromatic heterocycles. The van der Waals surface area contributed by atoms with Crippen LogP contribution in [0.1, 0.15) is 17.5 Å². The summed E-state index contributed by atoms with van der Waals surface area (Å²) in [4.78, 5) is 32.5. The van der Waals surface area contributed by atoms with Gasteiger partial charge in [0, 0.05) is 32.3 Å². The third-order valence-electron chi connectivity index (χ3n) is 4.15. The van der Waals surface area contributed by atoms with Crippen molar-refractivity contribution >= 4 is 18.0 Å². The molecule has 29 heavy (non-hydrogen) atoms. The van der Waals surface area contributed by atoms with Gasteiger partial charge < -0.3 is 30.5 Å². The number of urea groups is 1. The zero-order valence-electron chi connectivity index (χ0n) is 16.8. The van der Waals surface area contributed by atoms with Gasteiger partial charge in [-0.2, -0.15) is 0 Å². The Kier molecular flexibility index (Phi) is 10.9. The van der Waals surface area contributed by atoms with Crippen LogP contribution in [0.3, 0.4) is 0 Å². The van der Waals surface area contributed by atoms with Gasteiger partial charge in [0.1, 0.15) is 12.4 Å². The van der Waals surface area contributed by atoms with E-state index in [9.17, 15) is 14.4 Å². The number of ether oxygens (including phenoxy) is 1. The average molecular weight is 407 g/mol. The highest BCUT2D eigenvalue weighted by Crippen LogP contribution is 2.30. The van der Waals surface area contributed by atoms with Crippen molar-refractivity contribution in [2.24, 2.45) is 0 Å². The fourth-order valence-electron chi connectivity index (χ4n) is 2.70. The van der Waals surface area contributed by atoms with Crippen LogP contribution in [0.2, 0.25) is 0 Å². The first-order valence-electron chi connectivity index (χ1n) is 9.36. The molecule has 160 valence electrons. The predicted octanol–water partition coefficient (Wildman–Crippen LogP) is 1.13. The Morgan fingerprint density at radius 3 is 2.45 bits per heavy atom. The van der Waals surface area contributed by atoms with Crippen LogP contribution in [0.25, 0.3) is 0 Å². The van der Waals surface area contributed by atoms with Gasteiger partial charge in [0.05, 0.1) is 6.54 Å².